The monoisotopic (exact) mass is 245 g/mol. The topological polar surface area (TPSA) is 29.5 Å². The van der Waals surface area contributed by atoms with Crippen molar-refractivity contribution in [3.05, 3.63) is 35.9 Å². The minimum Gasteiger partial charge on any atom is -0.374 e. The van der Waals surface area contributed by atoms with Crippen LogP contribution in [0.15, 0.2) is 30.3 Å². The zero-order chi connectivity index (χ0) is 12.4. The van der Waals surface area contributed by atoms with E-state index in [0.29, 0.717) is 12.6 Å². The first-order valence-electron chi connectivity index (χ1n) is 6.84. The molecular formula is C15H19NO2. The van der Waals surface area contributed by atoms with Gasteiger partial charge in [-0.1, -0.05) is 31.0 Å². The van der Waals surface area contributed by atoms with E-state index in [9.17, 15) is 4.79 Å². The highest BCUT2D eigenvalue weighted by Gasteiger charge is 2.36. The second-order valence-electron chi connectivity index (χ2n) is 5.13. The summed E-state index contributed by atoms with van der Waals surface area (Å²) in [6.45, 7) is 1.41. The number of hydrogen-bond acceptors (Lipinski definition) is 2. The first kappa shape index (κ1) is 11.7. The van der Waals surface area contributed by atoms with Crippen LogP contribution in [0, 0.1) is 0 Å². The van der Waals surface area contributed by atoms with E-state index < -0.39 is 0 Å². The first-order chi connectivity index (χ1) is 8.86. The highest BCUT2D eigenvalue weighted by Crippen LogP contribution is 2.29. The van der Waals surface area contributed by atoms with Gasteiger partial charge < -0.3 is 9.64 Å². The normalized spacial score (nSPS) is 27.7. The number of benzene rings is 1. The summed E-state index contributed by atoms with van der Waals surface area (Å²) in [5.74, 6) is 0.163. The van der Waals surface area contributed by atoms with Gasteiger partial charge in [0.2, 0.25) is 0 Å². The van der Waals surface area contributed by atoms with Crippen molar-refractivity contribution >= 4 is 5.91 Å². The summed E-state index contributed by atoms with van der Waals surface area (Å²) < 4.78 is 5.80. The van der Waals surface area contributed by atoms with E-state index in [1.807, 2.05) is 35.2 Å². The van der Waals surface area contributed by atoms with Gasteiger partial charge in [0.05, 0.1) is 18.8 Å². The fraction of sp³-hybridized carbons (Fsp3) is 0.533. The average Bonchev–Trinajstić information content (AvgIpc) is 2.47. The second-order valence-corrected chi connectivity index (χ2v) is 5.13. The van der Waals surface area contributed by atoms with Gasteiger partial charge in [-0.15, -0.1) is 0 Å². The predicted octanol–water partition coefficient (Wildman–Crippen LogP) is 2.47. The second kappa shape index (κ2) is 5.11. The number of carbonyl (C=O) groups excluding carboxylic acids is 1. The molecule has 2 atom stereocenters. The van der Waals surface area contributed by atoms with Crippen molar-refractivity contribution < 1.29 is 9.53 Å². The zero-order valence-corrected chi connectivity index (χ0v) is 10.5. The van der Waals surface area contributed by atoms with Gasteiger partial charge in [0, 0.05) is 12.1 Å². The summed E-state index contributed by atoms with van der Waals surface area (Å²) in [6.07, 6.45) is 4.89. The molecule has 1 aromatic carbocycles. The van der Waals surface area contributed by atoms with Crippen molar-refractivity contribution in [2.24, 2.45) is 0 Å². The Morgan fingerprint density at radius 1 is 1.17 bits per heavy atom. The van der Waals surface area contributed by atoms with E-state index in [1.165, 1.54) is 12.8 Å². The molecule has 1 aliphatic heterocycles. The highest BCUT2D eigenvalue weighted by molar-refractivity contribution is 5.94. The van der Waals surface area contributed by atoms with Crippen LogP contribution in [0.2, 0.25) is 0 Å². The molecule has 2 aliphatic rings. The van der Waals surface area contributed by atoms with E-state index in [1.54, 1.807) is 0 Å². The highest BCUT2D eigenvalue weighted by atomic mass is 16.5. The summed E-state index contributed by atoms with van der Waals surface area (Å²) in [4.78, 5) is 14.6. The van der Waals surface area contributed by atoms with Crippen molar-refractivity contribution in [2.45, 2.75) is 37.8 Å². The van der Waals surface area contributed by atoms with E-state index >= 15 is 0 Å². The maximum atomic E-state index is 12.5. The molecule has 96 valence electrons. The molecule has 1 saturated carbocycles. The molecule has 1 amide bonds. The third kappa shape index (κ3) is 2.15. The minimum absolute atomic E-state index is 0.163. The number of morpholine rings is 1. The molecular weight excluding hydrogens is 226 g/mol. The third-order valence-corrected chi connectivity index (χ3v) is 4.01. The molecule has 18 heavy (non-hydrogen) atoms. The molecule has 0 bridgehead atoms. The van der Waals surface area contributed by atoms with Gasteiger partial charge in [-0.25, -0.2) is 0 Å². The van der Waals surface area contributed by atoms with Gasteiger partial charge >= 0.3 is 0 Å². The van der Waals surface area contributed by atoms with E-state index in [2.05, 4.69) is 0 Å². The van der Waals surface area contributed by atoms with Gasteiger partial charge in [-0.3, -0.25) is 4.79 Å². The lowest BCUT2D eigenvalue weighted by Gasteiger charge is -2.43. The SMILES string of the molecule is O=C(c1ccccc1)N1CCO[C@@H]2CCCC[C@H]21. The predicted molar refractivity (Wildman–Crippen MR) is 69.5 cm³/mol. The Labute approximate surface area is 108 Å². The number of amides is 1. The number of fused-ring (bicyclic) bond motifs is 1. The summed E-state index contributed by atoms with van der Waals surface area (Å²) in [7, 11) is 0. The van der Waals surface area contributed by atoms with Gasteiger partial charge in [0.15, 0.2) is 0 Å². The lowest BCUT2D eigenvalue weighted by Crippen LogP contribution is -2.54. The fourth-order valence-corrected chi connectivity index (χ4v) is 3.10. The summed E-state index contributed by atoms with van der Waals surface area (Å²) in [5, 5.41) is 0. The van der Waals surface area contributed by atoms with E-state index in [0.717, 1.165) is 24.9 Å². The van der Waals surface area contributed by atoms with Gasteiger partial charge in [0.25, 0.3) is 5.91 Å². The number of carbonyl (C=O) groups is 1. The average molecular weight is 245 g/mol. The standard InChI is InChI=1S/C15H19NO2/c17-15(12-6-2-1-3-7-12)16-10-11-18-14-9-5-4-8-13(14)16/h1-3,6-7,13-14H,4-5,8-11H2/t13-,14-/m1/s1. The number of nitrogens with zero attached hydrogens (tertiary/aromatic N) is 1. The molecule has 1 aliphatic carbocycles. The smallest absolute Gasteiger partial charge is 0.254 e. The van der Waals surface area contributed by atoms with Crippen molar-refractivity contribution in [1.82, 2.24) is 4.90 Å². The molecule has 3 rings (SSSR count). The molecule has 0 spiro atoms. The van der Waals surface area contributed by atoms with Crippen molar-refractivity contribution in [1.29, 1.82) is 0 Å². The Balaban J connectivity index is 1.80. The molecule has 0 N–H and O–H groups in total. The van der Waals surface area contributed by atoms with Gasteiger partial charge in [0.1, 0.15) is 0 Å². The Hall–Kier alpha value is -1.35. The van der Waals surface area contributed by atoms with Crippen molar-refractivity contribution in [3.63, 3.8) is 0 Å². The first-order valence-corrected chi connectivity index (χ1v) is 6.84. The van der Waals surface area contributed by atoms with Gasteiger partial charge in [-0.2, -0.15) is 0 Å². The van der Waals surface area contributed by atoms with Crippen LogP contribution in [0.25, 0.3) is 0 Å². The summed E-state index contributed by atoms with van der Waals surface area (Å²) >= 11 is 0. The zero-order valence-electron chi connectivity index (χ0n) is 10.5. The summed E-state index contributed by atoms with van der Waals surface area (Å²) in [6, 6.07) is 9.88. The van der Waals surface area contributed by atoms with E-state index in [-0.39, 0.29) is 12.0 Å². The molecule has 1 saturated heterocycles. The molecule has 2 fully saturated rings. The van der Waals surface area contributed by atoms with Crippen LogP contribution in [-0.4, -0.2) is 36.1 Å². The Morgan fingerprint density at radius 2 is 1.94 bits per heavy atom. The minimum atomic E-state index is 0.163. The largest absolute Gasteiger partial charge is 0.374 e. The lowest BCUT2D eigenvalue weighted by atomic mass is 9.89. The number of ether oxygens (including phenoxy) is 1. The van der Waals surface area contributed by atoms with Crippen LogP contribution in [0.1, 0.15) is 36.0 Å². The maximum Gasteiger partial charge on any atom is 0.254 e. The number of hydrogen-bond donors (Lipinski definition) is 0. The van der Waals surface area contributed by atoms with Gasteiger partial charge in [-0.05, 0) is 25.0 Å². The van der Waals surface area contributed by atoms with Crippen LogP contribution < -0.4 is 0 Å². The van der Waals surface area contributed by atoms with Crippen LogP contribution in [-0.2, 0) is 4.74 Å². The Kier molecular flexibility index (Phi) is 3.33. The van der Waals surface area contributed by atoms with Crippen LogP contribution in [0.3, 0.4) is 0 Å². The Morgan fingerprint density at radius 3 is 2.78 bits per heavy atom. The lowest BCUT2D eigenvalue weighted by molar-refractivity contribution is -0.0752. The molecule has 1 aromatic rings. The van der Waals surface area contributed by atoms with Crippen LogP contribution in [0.4, 0.5) is 0 Å². The maximum absolute atomic E-state index is 12.5. The molecule has 1 heterocycles. The molecule has 0 aromatic heterocycles. The number of rotatable bonds is 1. The Bertz CT molecular complexity index is 416. The fourth-order valence-electron chi connectivity index (χ4n) is 3.10. The quantitative estimate of drug-likeness (QED) is 0.760. The van der Waals surface area contributed by atoms with Crippen LogP contribution in [0.5, 0.6) is 0 Å². The van der Waals surface area contributed by atoms with E-state index in [4.69, 9.17) is 4.74 Å². The van der Waals surface area contributed by atoms with Crippen LogP contribution >= 0.6 is 0 Å². The molecule has 0 unspecified atom stereocenters. The molecule has 0 radical (unpaired) electrons. The third-order valence-electron chi connectivity index (χ3n) is 4.01. The molecule has 3 nitrogen and oxygen atoms in total. The summed E-state index contributed by atoms with van der Waals surface area (Å²) in [5.41, 5.74) is 0.795. The van der Waals surface area contributed by atoms with Crippen molar-refractivity contribution in [3.8, 4) is 0 Å². The van der Waals surface area contributed by atoms with Crippen molar-refractivity contribution in [2.75, 3.05) is 13.2 Å². The molecule has 3 heteroatoms.